The van der Waals surface area contributed by atoms with E-state index in [1.54, 1.807) is 0 Å². The molecule has 0 aliphatic heterocycles. The molecule has 0 aliphatic carbocycles. The quantitative estimate of drug-likeness (QED) is 0.334. The monoisotopic (exact) mass is 440 g/mol. The molecular weight excluding hydrogens is 433 g/mol. The van der Waals surface area contributed by atoms with Gasteiger partial charge in [0.1, 0.15) is 11.3 Å². The molecule has 3 rings (SSSR count). The summed E-state index contributed by atoms with van der Waals surface area (Å²) >= 11 is 0. The molecule has 0 amide bonds. The molecule has 0 radical (unpaired) electrons. The van der Waals surface area contributed by atoms with Crippen molar-refractivity contribution >= 4 is 20.9 Å². The topological polar surface area (TPSA) is 63.6 Å². The first kappa shape index (κ1) is 20.9. The van der Waals surface area contributed by atoms with E-state index >= 15 is 0 Å². The van der Waals surface area contributed by atoms with Crippen LogP contribution in [-0.2, 0) is 16.3 Å². The third-order valence-corrected chi connectivity index (χ3v) is 4.65. The van der Waals surface area contributed by atoms with Crippen LogP contribution in [-0.4, -0.2) is 13.0 Å². The van der Waals surface area contributed by atoms with Gasteiger partial charge in [-0.2, -0.15) is 30.4 Å². The molecule has 0 saturated carbocycles. The Bertz CT molecular complexity index is 1210. The Morgan fingerprint density at radius 3 is 1.93 bits per heavy atom. The van der Waals surface area contributed by atoms with Crippen LogP contribution in [0.3, 0.4) is 0 Å². The molecule has 0 spiro atoms. The lowest BCUT2D eigenvalue weighted by atomic mass is 10.1. The van der Waals surface area contributed by atoms with Crippen LogP contribution >= 0.6 is 0 Å². The minimum absolute atomic E-state index is 0.0144. The SMILES string of the molecule is O=S(=O)(O)c1cc(Oc2c(F)c(F)c(C(F)(F)F)c(F)c2F)c2ccccc2c1. The molecule has 154 valence electrons. The van der Waals surface area contributed by atoms with Gasteiger partial charge in [0.05, 0.1) is 4.90 Å². The average molecular weight is 440 g/mol. The number of rotatable bonds is 3. The van der Waals surface area contributed by atoms with Gasteiger partial charge >= 0.3 is 6.18 Å². The second kappa shape index (κ2) is 6.88. The van der Waals surface area contributed by atoms with Gasteiger partial charge in [-0.05, 0) is 11.5 Å². The van der Waals surface area contributed by atoms with Crippen LogP contribution in [0.4, 0.5) is 30.7 Å². The number of benzene rings is 3. The van der Waals surface area contributed by atoms with E-state index in [4.69, 9.17) is 4.74 Å². The van der Waals surface area contributed by atoms with E-state index in [9.17, 15) is 43.7 Å². The highest BCUT2D eigenvalue weighted by molar-refractivity contribution is 7.85. The Hall–Kier alpha value is -2.86. The maximum Gasteiger partial charge on any atom is 0.422 e. The van der Waals surface area contributed by atoms with Crippen molar-refractivity contribution in [3.63, 3.8) is 0 Å². The third-order valence-electron chi connectivity index (χ3n) is 3.81. The van der Waals surface area contributed by atoms with Crippen molar-refractivity contribution in [1.82, 2.24) is 0 Å². The largest absolute Gasteiger partial charge is 0.450 e. The van der Waals surface area contributed by atoms with E-state index < -0.39 is 61.5 Å². The predicted molar refractivity (Wildman–Crippen MR) is 85.1 cm³/mol. The van der Waals surface area contributed by atoms with Gasteiger partial charge in [-0.15, -0.1) is 0 Å². The molecule has 3 aromatic carbocycles. The highest BCUT2D eigenvalue weighted by Crippen LogP contribution is 2.42. The van der Waals surface area contributed by atoms with E-state index in [1.165, 1.54) is 24.3 Å². The summed E-state index contributed by atoms with van der Waals surface area (Å²) in [6.07, 6.45) is -5.73. The molecule has 4 nitrogen and oxygen atoms in total. The van der Waals surface area contributed by atoms with Crippen LogP contribution in [0, 0.1) is 23.3 Å². The Balaban J connectivity index is 2.28. The minimum Gasteiger partial charge on any atom is -0.450 e. The lowest BCUT2D eigenvalue weighted by Gasteiger charge is -2.16. The Morgan fingerprint density at radius 1 is 0.862 bits per heavy atom. The molecule has 0 atom stereocenters. The van der Waals surface area contributed by atoms with Crippen LogP contribution in [0.15, 0.2) is 41.3 Å². The fraction of sp³-hybridized carbons (Fsp3) is 0.0588. The molecule has 29 heavy (non-hydrogen) atoms. The molecule has 0 saturated heterocycles. The third kappa shape index (κ3) is 3.72. The minimum atomic E-state index is -5.73. The van der Waals surface area contributed by atoms with E-state index in [1.807, 2.05) is 0 Å². The van der Waals surface area contributed by atoms with Crippen molar-refractivity contribution in [2.75, 3.05) is 0 Å². The average Bonchev–Trinajstić information content (AvgIpc) is 2.61. The first-order valence-corrected chi connectivity index (χ1v) is 8.87. The zero-order chi connectivity index (χ0) is 21.7. The highest BCUT2D eigenvalue weighted by atomic mass is 32.2. The summed E-state index contributed by atoms with van der Waals surface area (Å²) in [4.78, 5) is -0.792. The van der Waals surface area contributed by atoms with Gasteiger partial charge in [0, 0.05) is 11.5 Å². The van der Waals surface area contributed by atoms with Crippen LogP contribution < -0.4 is 4.74 Å². The first-order chi connectivity index (χ1) is 13.3. The van der Waals surface area contributed by atoms with Crippen molar-refractivity contribution in [2.45, 2.75) is 11.1 Å². The molecular formula is C17H7F7O4S. The second-order valence-corrected chi connectivity index (χ2v) is 7.10. The van der Waals surface area contributed by atoms with Crippen molar-refractivity contribution in [3.05, 3.63) is 65.2 Å². The predicted octanol–water partition coefficient (Wildman–Crippen LogP) is 5.45. The Morgan fingerprint density at radius 2 is 1.41 bits per heavy atom. The van der Waals surface area contributed by atoms with Crippen molar-refractivity contribution in [1.29, 1.82) is 0 Å². The number of hydrogen-bond acceptors (Lipinski definition) is 3. The zero-order valence-electron chi connectivity index (χ0n) is 13.7. The highest BCUT2D eigenvalue weighted by Gasteiger charge is 2.43. The van der Waals surface area contributed by atoms with Crippen molar-refractivity contribution < 1.29 is 48.4 Å². The van der Waals surface area contributed by atoms with Gasteiger partial charge in [0.2, 0.25) is 17.4 Å². The maximum absolute atomic E-state index is 14.1. The summed E-state index contributed by atoms with van der Waals surface area (Å²) < 4.78 is 130. The standard InChI is InChI=1S/C17H7F7O4S/c18-12-11(17(22,23)24)13(19)15(21)16(14(12)20)28-10-6-8(29(25,26)27)5-7-3-1-2-4-9(7)10/h1-6H,(H,25,26,27). The summed E-state index contributed by atoms with van der Waals surface area (Å²) in [7, 11) is -4.84. The van der Waals surface area contributed by atoms with Crippen LogP contribution in [0.2, 0.25) is 0 Å². The van der Waals surface area contributed by atoms with Gasteiger partial charge in [0.25, 0.3) is 10.1 Å². The van der Waals surface area contributed by atoms with E-state index in [0.29, 0.717) is 6.07 Å². The fourth-order valence-electron chi connectivity index (χ4n) is 2.54. The van der Waals surface area contributed by atoms with E-state index in [-0.39, 0.29) is 10.8 Å². The summed E-state index contributed by atoms with van der Waals surface area (Å²) in [6.45, 7) is 0. The van der Waals surface area contributed by atoms with Crippen LogP contribution in [0.5, 0.6) is 11.5 Å². The van der Waals surface area contributed by atoms with Gasteiger partial charge in [-0.25, -0.2) is 8.78 Å². The van der Waals surface area contributed by atoms with Crippen molar-refractivity contribution in [2.24, 2.45) is 0 Å². The van der Waals surface area contributed by atoms with Crippen LogP contribution in [0.1, 0.15) is 5.56 Å². The lowest BCUT2D eigenvalue weighted by Crippen LogP contribution is -2.15. The molecule has 12 heteroatoms. The van der Waals surface area contributed by atoms with E-state index in [2.05, 4.69) is 0 Å². The second-order valence-electron chi connectivity index (χ2n) is 5.68. The van der Waals surface area contributed by atoms with E-state index in [0.717, 1.165) is 6.07 Å². The fourth-order valence-corrected chi connectivity index (χ4v) is 3.07. The summed E-state index contributed by atoms with van der Waals surface area (Å²) in [5, 5.41) is 0.0608. The van der Waals surface area contributed by atoms with Crippen molar-refractivity contribution in [3.8, 4) is 11.5 Å². The molecule has 0 fully saturated rings. The number of hydrogen-bond donors (Lipinski definition) is 1. The molecule has 1 N–H and O–H groups in total. The smallest absolute Gasteiger partial charge is 0.422 e. The number of halogens is 7. The summed E-state index contributed by atoms with van der Waals surface area (Å²) in [5.41, 5.74) is -2.78. The van der Waals surface area contributed by atoms with Gasteiger partial charge in [-0.1, -0.05) is 24.3 Å². The maximum atomic E-state index is 14.1. The van der Waals surface area contributed by atoms with Crippen LogP contribution in [0.25, 0.3) is 10.8 Å². The molecule has 0 unspecified atom stereocenters. The normalized spacial score (nSPS) is 12.4. The number of fused-ring (bicyclic) bond motifs is 1. The first-order valence-electron chi connectivity index (χ1n) is 7.43. The lowest BCUT2D eigenvalue weighted by molar-refractivity contribution is -0.143. The molecule has 0 aliphatic rings. The molecule has 0 bridgehead atoms. The number of ether oxygens (including phenoxy) is 1. The summed E-state index contributed by atoms with van der Waals surface area (Å²) in [5.74, 6) is -13.0. The summed E-state index contributed by atoms with van der Waals surface area (Å²) in [6, 6.07) is 6.96. The zero-order valence-corrected chi connectivity index (χ0v) is 14.5. The Kier molecular flexibility index (Phi) is 4.95. The number of alkyl halides is 3. The molecule has 0 heterocycles. The van der Waals surface area contributed by atoms with Gasteiger partial charge in [0.15, 0.2) is 11.6 Å². The van der Waals surface area contributed by atoms with Gasteiger partial charge in [-0.3, -0.25) is 4.55 Å². The molecule has 3 aromatic rings. The van der Waals surface area contributed by atoms with Gasteiger partial charge < -0.3 is 4.74 Å². The molecule has 0 aromatic heterocycles. The Labute approximate surface area is 157 Å².